The summed E-state index contributed by atoms with van der Waals surface area (Å²) in [6.07, 6.45) is 4.40. The van der Waals surface area contributed by atoms with Crippen molar-refractivity contribution in [1.29, 1.82) is 0 Å². The maximum Gasteiger partial charge on any atom is 0.240 e. The van der Waals surface area contributed by atoms with Gasteiger partial charge in [-0.05, 0) is 54.6 Å². The van der Waals surface area contributed by atoms with Crippen molar-refractivity contribution in [3.8, 4) is 0 Å². The van der Waals surface area contributed by atoms with Crippen LogP contribution in [-0.4, -0.2) is 29.9 Å². The van der Waals surface area contributed by atoms with Gasteiger partial charge in [0, 0.05) is 6.54 Å². The fraction of sp³-hybridized carbons (Fsp3) is 0.615. The Kier molecular flexibility index (Phi) is 3.16. The van der Waals surface area contributed by atoms with Crippen molar-refractivity contribution in [3.63, 3.8) is 0 Å². The SMILES string of the molecule is O=C([C@@H]1CCCN1)N1CCCC1c1ccsc1. The zero-order valence-corrected chi connectivity index (χ0v) is 10.7. The molecule has 1 unspecified atom stereocenters. The molecule has 2 fully saturated rings. The monoisotopic (exact) mass is 250 g/mol. The van der Waals surface area contributed by atoms with Crippen LogP contribution >= 0.6 is 11.3 Å². The largest absolute Gasteiger partial charge is 0.334 e. The number of hydrogen-bond donors (Lipinski definition) is 1. The highest BCUT2D eigenvalue weighted by Crippen LogP contribution is 2.33. The lowest BCUT2D eigenvalue weighted by atomic mass is 10.1. The molecule has 1 aromatic rings. The van der Waals surface area contributed by atoms with Crippen LogP contribution in [0.3, 0.4) is 0 Å². The standard InChI is InChI=1S/C13H18N2OS/c16-13(11-3-1-6-14-11)15-7-2-4-12(15)10-5-8-17-9-10/h5,8-9,11-12,14H,1-4,6-7H2/t11-,12?/m0/s1. The number of hydrogen-bond acceptors (Lipinski definition) is 3. The first-order valence-electron chi connectivity index (χ1n) is 6.42. The van der Waals surface area contributed by atoms with Crippen LogP contribution in [-0.2, 0) is 4.79 Å². The van der Waals surface area contributed by atoms with Gasteiger partial charge in [-0.15, -0.1) is 0 Å². The number of likely N-dealkylation sites (tertiary alicyclic amines) is 1. The van der Waals surface area contributed by atoms with Crippen LogP contribution in [0.1, 0.15) is 37.3 Å². The average molecular weight is 250 g/mol. The summed E-state index contributed by atoms with van der Waals surface area (Å²) >= 11 is 1.72. The number of rotatable bonds is 2. The minimum atomic E-state index is 0.0780. The molecule has 0 radical (unpaired) electrons. The van der Waals surface area contributed by atoms with Crippen LogP contribution in [0.25, 0.3) is 0 Å². The highest BCUT2D eigenvalue weighted by molar-refractivity contribution is 7.07. The molecule has 0 bridgehead atoms. The van der Waals surface area contributed by atoms with Gasteiger partial charge in [0.2, 0.25) is 5.91 Å². The zero-order chi connectivity index (χ0) is 11.7. The van der Waals surface area contributed by atoms with Gasteiger partial charge in [-0.1, -0.05) is 0 Å². The molecule has 2 atom stereocenters. The summed E-state index contributed by atoms with van der Waals surface area (Å²) in [6, 6.07) is 2.56. The summed E-state index contributed by atoms with van der Waals surface area (Å²) < 4.78 is 0. The third-order valence-electron chi connectivity index (χ3n) is 3.82. The molecule has 4 heteroatoms. The molecule has 92 valence electrons. The van der Waals surface area contributed by atoms with E-state index in [1.54, 1.807) is 11.3 Å². The third kappa shape index (κ3) is 2.11. The Morgan fingerprint density at radius 1 is 1.41 bits per heavy atom. The fourth-order valence-electron chi connectivity index (χ4n) is 2.94. The lowest BCUT2D eigenvalue weighted by molar-refractivity contribution is -0.134. The van der Waals surface area contributed by atoms with E-state index in [9.17, 15) is 4.79 Å². The molecule has 0 spiro atoms. The lowest BCUT2D eigenvalue weighted by Crippen LogP contribution is -2.43. The molecule has 0 aromatic carbocycles. The van der Waals surface area contributed by atoms with Gasteiger partial charge in [-0.3, -0.25) is 4.79 Å². The molecule has 2 saturated heterocycles. The third-order valence-corrected chi connectivity index (χ3v) is 4.52. The number of thiophene rings is 1. The Hall–Kier alpha value is -0.870. The van der Waals surface area contributed by atoms with Crippen molar-refractivity contribution >= 4 is 17.2 Å². The Morgan fingerprint density at radius 3 is 3.06 bits per heavy atom. The van der Waals surface area contributed by atoms with Gasteiger partial charge >= 0.3 is 0 Å². The first-order chi connectivity index (χ1) is 8.36. The maximum atomic E-state index is 12.4. The smallest absolute Gasteiger partial charge is 0.240 e. The second kappa shape index (κ2) is 4.78. The van der Waals surface area contributed by atoms with Crippen LogP contribution in [0.2, 0.25) is 0 Å². The summed E-state index contributed by atoms with van der Waals surface area (Å²) in [5.74, 6) is 0.316. The molecule has 2 aliphatic rings. The second-order valence-electron chi connectivity index (χ2n) is 4.90. The van der Waals surface area contributed by atoms with Gasteiger partial charge in [0.15, 0.2) is 0 Å². The Labute approximate surface area is 106 Å². The topological polar surface area (TPSA) is 32.3 Å². The maximum absolute atomic E-state index is 12.4. The van der Waals surface area contributed by atoms with Crippen LogP contribution in [0.15, 0.2) is 16.8 Å². The predicted molar refractivity (Wildman–Crippen MR) is 69.0 cm³/mol. The average Bonchev–Trinajstić information content (AvgIpc) is 3.09. The molecular weight excluding hydrogens is 232 g/mol. The molecule has 0 saturated carbocycles. The summed E-state index contributed by atoms with van der Waals surface area (Å²) in [4.78, 5) is 14.5. The van der Waals surface area contributed by atoms with Crippen LogP contribution in [0.4, 0.5) is 0 Å². The summed E-state index contributed by atoms with van der Waals surface area (Å²) in [7, 11) is 0. The molecule has 17 heavy (non-hydrogen) atoms. The van der Waals surface area contributed by atoms with Crippen molar-refractivity contribution in [1.82, 2.24) is 10.2 Å². The van der Waals surface area contributed by atoms with E-state index in [1.165, 1.54) is 5.56 Å². The Balaban J connectivity index is 1.75. The van der Waals surface area contributed by atoms with Gasteiger partial charge in [0.1, 0.15) is 0 Å². The first-order valence-corrected chi connectivity index (χ1v) is 7.36. The van der Waals surface area contributed by atoms with E-state index in [2.05, 4.69) is 27.0 Å². The number of carbonyl (C=O) groups excluding carboxylic acids is 1. The van der Waals surface area contributed by atoms with E-state index < -0.39 is 0 Å². The molecule has 1 aromatic heterocycles. The summed E-state index contributed by atoms with van der Waals surface area (Å²) in [6.45, 7) is 1.92. The number of nitrogens with one attached hydrogen (secondary N) is 1. The molecule has 0 aliphatic carbocycles. The number of carbonyl (C=O) groups is 1. The lowest BCUT2D eigenvalue weighted by Gasteiger charge is -2.27. The van der Waals surface area contributed by atoms with E-state index in [0.29, 0.717) is 11.9 Å². The number of nitrogens with zero attached hydrogens (tertiary/aromatic N) is 1. The summed E-state index contributed by atoms with van der Waals surface area (Å²) in [5, 5.41) is 7.59. The van der Waals surface area contributed by atoms with Crippen LogP contribution in [0, 0.1) is 0 Å². The van der Waals surface area contributed by atoms with E-state index in [-0.39, 0.29) is 6.04 Å². The van der Waals surface area contributed by atoms with E-state index >= 15 is 0 Å². The van der Waals surface area contributed by atoms with E-state index in [0.717, 1.165) is 38.8 Å². The van der Waals surface area contributed by atoms with Crippen molar-refractivity contribution in [2.75, 3.05) is 13.1 Å². The fourth-order valence-corrected chi connectivity index (χ4v) is 3.64. The molecular formula is C13H18N2OS. The molecule has 3 rings (SSSR count). The second-order valence-corrected chi connectivity index (χ2v) is 5.68. The Bertz CT molecular complexity index is 384. The van der Waals surface area contributed by atoms with E-state index in [1.807, 2.05) is 0 Å². The first kappa shape index (κ1) is 11.2. The van der Waals surface area contributed by atoms with Gasteiger partial charge in [0.25, 0.3) is 0 Å². The van der Waals surface area contributed by atoms with Gasteiger partial charge in [-0.2, -0.15) is 11.3 Å². The normalized spacial score (nSPS) is 28.8. The van der Waals surface area contributed by atoms with Crippen molar-refractivity contribution in [2.45, 2.75) is 37.8 Å². The zero-order valence-electron chi connectivity index (χ0n) is 9.89. The molecule has 3 nitrogen and oxygen atoms in total. The van der Waals surface area contributed by atoms with Crippen molar-refractivity contribution < 1.29 is 4.79 Å². The predicted octanol–water partition coefficient (Wildman–Crippen LogP) is 2.16. The van der Waals surface area contributed by atoms with Crippen LogP contribution < -0.4 is 5.32 Å². The summed E-state index contributed by atoms with van der Waals surface area (Å²) in [5.41, 5.74) is 1.32. The van der Waals surface area contributed by atoms with Crippen molar-refractivity contribution in [3.05, 3.63) is 22.4 Å². The van der Waals surface area contributed by atoms with Gasteiger partial charge < -0.3 is 10.2 Å². The van der Waals surface area contributed by atoms with Gasteiger partial charge in [-0.25, -0.2) is 0 Å². The van der Waals surface area contributed by atoms with Crippen molar-refractivity contribution in [2.24, 2.45) is 0 Å². The van der Waals surface area contributed by atoms with Crippen LogP contribution in [0.5, 0.6) is 0 Å². The van der Waals surface area contributed by atoms with Gasteiger partial charge in [0.05, 0.1) is 12.1 Å². The molecule has 1 amide bonds. The molecule has 2 aliphatic heterocycles. The van der Waals surface area contributed by atoms with E-state index in [4.69, 9.17) is 0 Å². The highest BCUT2D eigenvalue weighted by atomic mass is 32.1. The minimum absolute atomic E-state index is 0.0780. The highest BCUT2D eigenvalue weighted by Gasteiger charge is 2.34. The molecule has 1 N–H and O–H groups in total. The number of amides is 1. The minimum Gasteiger partial charge on any atom is -0.334 e. The Morgan fingerprint density at radius 2 is 2.35 bits per heavy atom. The quantitative estimate of drug-likeness (QED) is 0.872. The molecule has 3 heterocycles.